The summed E-state index contributed by atoms with van der Waals surface area (Å²) in [6.45, 7) is 2.74. The summed E-state index contributed by atoms with van der Waals surface area (Å²) in [5.74, 6) is 0.656. The fourth-order valence-corrected chi connectivity index (χ4v) is 2.26. The van der Waals surface area contributed by atoms with E-state index in [9.17, 15) is 4.79 Å². The molecule has 0 aliphatic carbocycles. The minimum absolute atomic E-state index is 0.178. The quantitative estimate of drug-likeness (QED) is 0.738. The van der Waals surface area contributed by atoms with Gasteiger partial charge in [0.1, 0.15) is 0 Å². The van der Waals surface area contributed by atoms with Gasteiger partial charge >= 0.3 is 0 Å². The highest BCUT2D eigenvalue weighted by atomic mass is 32.2. The summed E-state index contributed by atoms with van der Waals surface area (Å²) >= 11 is 1.53. The number of hydrogen-bond donors (Lipinski definition) is 0. The molecule has 2 rings (SSSR count). The Hall–Kier alpha value is -1.07. The SMILES string of the molecule is O=C(CSc1cccnc1)N1CCOCC1. The summed E-state index contributed by atoms with van der Waals surface area (Å²) in [6.07, 6.45) is 3.51. The summed E-state index contributed by atoms with van der Waals surface area (Å²) in [7, 11) is 0. The van der Waals surface area contributed by atoms with Crippen molar-refractivity contribution < 1.29 is 9.53 Å². The third kappa shape index (κ3) is 3.21. The number of morpholine rings is 1. The van der Waals surface area contributed by atoms with Crippen LogP contribution >= 0.6 is 11.8 Å². The van der Waals surface area contributed by atoms with Gasteiger partial charge < -0.3 is 9.64 Å². The molecule has 2 heterocycles. The van der Waals surface area contributed by atoms with E-state index in [0.29, 0.717) is 32.1 Å². The van der Waals surface area contributed by atoms with E-state index in [1.165, 1.54) is 11.8 Å². The van der Waals surface area contributed by atoms with Crippen molar-refractivity contribution in [3.05, 3.63) is 24.5 Å². The molecule has 4 nitrogen and oxygen atoms in total. The first kappa shape index (κ1) is 11.4. The summed E-state index contributed by atoms with van der Waals surface area (Å²) in [5.41, 5.74) is 0. The number of pyridine rings is 1. The van der Waals surface area contributed by atoms with E-state index in [4.69, 9.17) is 4.74 Å². The normalized spacial score (nSPS) is 16.1. The molecular weight excluding hydrogens is 224 g/mol. The van der Waals surface area contributed by atoms with Gasteiger partial charge in [0.15, 0.2) is 0 Å². The van der Waals surface area contributed by atoms with Crippen LogP contribution < -0.4 is 0 Å². The van der Waals surface area contributed by atoms with Crippen LogP contribution in [0.25, 0.3) is 0 Å². The van der Waals surface area contributed by atoms with Crippen molar-refractivity contribution >= 4 is 17.7 Å². The van der Waals surface area contributed by atoms with Crippen LogP contribution in [0.4, 0.5) is 0 Å². The summed E-state index contributed by atoms with van der Waals surface area (Å²) < 4.78 is 5.20. The monoisotopic (exact) mass is 238 g/mol. The number of thioether (sulfide) groups is 1. The van der Waals surface area contributed by atoms with E-state index >= 15 is 0 Å². The van der Waals surface area contributed by atoms with Crippen molar-refractivity contribution in [1.82, 2.24) is 9.88 Å². The van der Waals surface area contributed by atoms with E-state index in [1.807, 2.05) is 17.0 Å². The van der Waals surface area contributed by atoms with E-state index in [0.717, 1.165) is 4.90 Å². The number of rotatable bonds is 3. The molecule has 0 radical (unpaired) electrons. The standard InChI is InChI=1S/C11H14N2O2S/c14-11(13-4-6-15-7-5-13)9-16-10-2-1-3-12-8-10/h1-3,8H,4-7,9H2. The predicted molar refractivity (Wildman–Crippen MR) is 62.4 cm³/mol. The third-order valence-electron chi connectivity index (χ3n) is 2.36. The fourth-order valence-electron chi connectivity index (χ4n) is 1.48. The van der Waals surface area contributed by atoms with E-state index < -0.39 is 0 Å². The average Bonchev–Trinajstić information content (AvgIpc) is 2.38. The maximum absolute atomic E-state index is 11.8. The van der Waals surface area contributed by atoms with Crippen LogP contribution in [0.15, 0.2) is 29.4 Å². The summed E-state index contributed by atoms with van der Waals surface area (Å²) in [6, 6.07) is 3.84. The average molecular weight is 238 g/mol. The number of carbonyl (C=O) groups excluding carboxylic acids is 1. The molecule has 0 aromatic carbocycles. The van der Waals surface area contributed by atoms with Crippen molar-refractivity contribution in [2.75, 3.05) is 32.1 Å². The minimum Gasteiger partial charge on any atom is -0.378 e. The van der Waals surface area contributed by atoms with Gasteiger partial charge in [-0.15, -0.1) is 11.8 Å². The molecule has 1 fully saturated rings. The number of amides is 1. The Bertz CT molecular complexity index is 339. The topological polar surface area (TPSA) is 42.4 Å². The highest BCUT2D eigenvalue weighted by Gasteiger charge is 2.16. The Balaban J connectivity index is 1.79. The highest BCUT2D eigenvalue weighted by molar-refractivity contribution is 8.00. The lowest BCUT2D eigenvalue weighted by Crippen LogP contribution is -2.41. The van der Waals surface area contributed by atoms with Gasteiger partial charge in [-0.2, -0.15) is 0 Å². The van der Waals surface area contributed by atoms with E-state index in [1.54, 1.807) is 12.4 Å². The fraction of sp³-hybridized carbons (Fsp3) is 0.455. The first-order valence-electron chi connectivity index (χ1n) is 5.24. The van der Waals surface area contributed by atoms with Gasteiger partial charge in [-0.25, -0.2) is 0 Å². The lowest BCUT2D eigenvalue weighted by atomic mass is 10.4. The molecule has 1 aromatic heterocycles. The van der Waals surface area contributed by atoms with E-state index in [2.05, 4.69) is 4.98 Å². The highest BCUT2D eigenvalue weighted by Crippen LogP contribution is 2.16. The molecule has 0 unspecified atom stereocenters. The van der Waals surface area contributed by atoms with Crippen molar-refractivity contribution in [3.8, 4) is 0 Å². The lowest BCUT2D eigenvalue weighted by molar-refractivity contribution is -0.132. The summed E-state index contributed by atoms with van der Waals surface area (Å²) in [4.78, 5) is 18.7. The lowest BCUT2D eigenvalue weighted by Gasteiger charge is -2.26. The second kappa shape index (κ2) is 5.86. The number of hydrogen-bond acceptors (Lipinski definition) is 4. The molecule has 1 aromatic rings. The van der Waals surface area contributed by atoms with Crippen LogP contribution in [-0.4, -0.2) is 47.8 Å². The largest absolute Gasteiger partial charge is 0.378 e. The predicted octanol–water partition coefficient (Wildman–Crippen LogP) is 1.03. The molecule has 16 heavy (non-hydrogen) atoms. The number of carbonyl (C=O) groups is 1. The first-order valence-corrected chi connectivity index (χ1v) is 6.23. The van der Waals surface area contributed by atoms with Gasteiger partial charge in [0.05, 0.1) is 19.0 Å². The molecule has 1 aliphatic rings. The molecule has 0 saturated carbocycles. The molecule has 0 bridgehead atoms. The molecule has 0 N–H and O–H groups in total. The van der Waals surface area contributed by atoms with Crippen molar-refractivity contribution in [1.29, 1.82) is 0 Å². The molecule has 86 valence electrons. The number of nitrogens with zero attached hydrogens (tertiary/aromatic N) is 2. The first-order chi connectivity index (χ1) is 7.86. The molecule has 0 atom stereocenters. The Labute approximate surface area is 99.0 Å². The molecule has 1 aliphatic heterocycles. The maximum atomic E-state index is 11.8. The zero-order valence-electron chi connectivity index (χ0n) is 8.96. The Morgan fingerprint density at radius 2 is 2.31 bits per heavy atom. The van der Waals surface area contributed by atoms with Crippen LogP contribution in [0, 0.1) is 0 Å². The smallest absolute Gasteiger partial charge is 0.233 e. The van der Waals surface area contributed by atoms with Crippen molar-refractivity contribution in [3.63, 3.8) is 0 Å². The Kier molecular flexibility index (Phi) is 4.18. The Morgan fingerprint density at radius 1 is 1.50 bits per heavy atom. The van der Waals surface area contributed by atoms with Gasteiger partial charge in [-0.05, 0) is 12.1 Å². The van der Waals surface area contributed by atoms with Crippen molar-refractivity contribution in [2.45, 2.75) is 4.90 Å². The molecular formula is C11H14N2O2S. The van der Waals surface area contributed by atoms with E-state index in [-0.39, 0.29) is 5.91 Å². The van der Waals surface area contributed by atoms with Crippen LogP contribution in [0.2, 0.25) is 0 Å². The Morgan fingerprint density at radius 3 is 3.00 bits per heavy atom. The van der Waals surface area contributed by atoms with Crippen molar-refractivity contribution in [2.24, 2.45) is 0 Å². The maximum Gasteiger partial charge on any atom is 0.233 e. The second-order valence-corrected chi connectivity index (χ2v) is 4.52. The molecule has 1 saturated heterocycles. The van der Waals surface area contributed by atoms with Gasteiger partial charge in [-0.3, -0.25) is 9.78 Å². The molecule has 0 spiro atoms. The molecule has 5 heteroatoms. The second-order valence-electron chi connectivity index (χ2n) is 3.47. The zero-order valence-corrected chi connectivity index (χ0v) is 9.78. The van der Waals surface area contributed by atoms with Crippen LogP contribution in [0.3, 0.4) is 0 Å². The summed E-state index contributed by atoms with van der Waals surface area (Å²) in [5, 5.41) is 0. The van der Waals surface area contributed by atoms with Gasteiger partial charge in [-0.1, -0.05) is 0 Å². The minimum atomic E-state index is 0.178. The number of ether oxygens (including phenoxy) is 1. The third-order valence-corrected chi connectivity index (χ3v) is 3.33. The number of aromatic nitrogens is 1. The van der Waals surface area contributed by atoms with Gasteiger partial charge in [0, 0.05) is 30.4 Å². The molecule has 1 amide bonds. The van der Waals surface area contributed by atoms with Gasteiger partial charge in [0.2, 0.25) is 5.91 Å². The van der Waals surface area contributed by atoms with Crippen LogP contribution in [0.1, 0.15) is 0 Å². The van der Waals surface area contributed by atoms with Crippen LogP contribution in [0.5, 0.6) is 0 Å². The van der Waals surface area contributed by atoms with Gasteiger partial charge in [0.25, 0.3) is 0 Å². The van der Waals surface area contributed by atoms with Crippen LogP contribution in [-0.2, 0) is 9.53 Å². The zero-order chi connectivity index (χ0) is 11.2.